The molecular weight excluding hydrogens is 190 g/mol. The summed E-state index contributed by atoms with van der Waals surface area (Å²) in [5, 5.41) is 0. The maximum atomic E-state index is 5.33. The van der Waals surface area contributed by atoms with Gasteiger partial charge in [-0.1, -0.05) is 17.9 Å². The predicted molar refractivity (Wildman–Crippen MR) is 59.6 cm³/mol. The van der Waals surface area contributed by atoms with Gasteiger partial charge in [0.25, 0.3) is 0 Å². The standard InChI is InChI=1S/C12H15NO2/c1-14-9-10-5-6-12(15-2)11(8-10)4-3-7-13/h5-6,8H,7,9,13H2,1-2H3. The molecule has 0 amide bonds. The molecule has 0 saturated carbocycles. The zero-order valence-electron chi connectivity index (χ0n) is 9.04. The maximum absolute atomic E-state index is 5.33. The van der Waals surface area contributed by atoms with E-state index < -0.39 is 0 Å². The fourth-order valence-corrected chi connectivity index (χ4v) is 1.26. The lowest BCUT2D eigenvalue weighted by molar-refractivity contribution is 0.185. The lowest BCUT2D eigenvalue weighted by atomic mass is 10.1. The molecule has 0 aliphatic rings. The summed E-state index contributed by atoms with van der Waals surface area (Å²) < 4.78 is 10.2. The molecule has 1 aromatic carbocycles. The van der Waals surface area contributed by atoms with Crippen LogP contribution in [0.25, 0.3) is 0 Å². The number of rotatable bonds is 3. The third kappa shape index (κ3) is 3.28. The van der Waals surface area contributed by atoms with Crippen molar-refractivity contribution in [2.24, 2.45) is 5.73 Å². The Balaban J connectivity index is 3.01. The number of hydrogen-bond acceptors (Lipinski definition) is 3. The van der Waals surface area contributed by atoms with E-state index in [9.17, 15) is 0 Å². The fraction of sp³-hybridized carbons (Fsp3) is 0.333. The molecule has 0 heterocycles. The van der Waals surface area contributed by atoms with Gasteiger partial charge in [0.1, 0.15) is 5.75 Å². The minimum atomic E-state index is 0.345. The van der Waals surface area contributed by atoms with Gasteiger partial charge in [0.05, 0.1) is 25.8 Å². The highest BCUT2D eigenvalue weighted by atomic mass is 16.5. The van der Waals surface area contributed by atoms with E-state index in [-0.39, 0.29) is 0 Å². The van der Waals surface area contributed by atoms with Crippen LogP contribution in [0.4, 0.5) is 0 Å². The van der Waals surface area contributed by atoms with E-state index >= 15 is 0 Å². The lowest BCUT2D eigenvalue weighted by Gasteiger charge is -2.05. The highest BCUT2D eigenvalue weighted by Crippen LogP contribution is 2.19. The second-order valence-electron chi connectivity index (χ2n) is 2.97. The van der Waals surface area contributed by atoms with Crippen molar-refractivity contribution in [1.82, 2.24) is 0 Å². The first-order valence-electron chi connectivity index (χ1n) is 4.66. The van der Waals surface area contributed by atoms with Crippen LogP contribution in [0.1, 0.15) is 11.1 Å². The van der Waals surface area contributed by atoms with Crippen LogP contribution in [0.5, 0.6) is 5.75 Å². The van der Waals surface area contributed by atoms with Crippen LogP contribution < -0.4 is 10.5 Å². The van der Waals surface area contributed by atoms with Crippen LogP contribution in [0.2, 0.25) is 0 Å². The number of ether oxygens (including phenoxy) is 2. The summed E-state index contributed by atoms with van der Waals surface area (Å²) in [6, 6.07) is 5.79. The van der Waals surface area contributed by atoms with Gasteiger partial charge in [0.15, 0.2) is 0 Å². The maximum Gasteiger partial charge on any atom is 0.134 e. The summed E-state index contributed by atoms with van der Waals surface area (Å²) in [4.78, 5) is 0. The van der Waals surface area contributed by atoms with Crippen LogP contribution in [-0.4, -0.2) is 20.8 Å². The second kappa shape index (κ2) is 6.07. The van der Waals surface area contributed by atoms with E-state index in [1.54, 1.807) is 14.2 Å². The van der Waals surface area contributed by atoms with Gasteiger partial charge in [-0.2, -0.15) is 0 Å². The third-order valence-corrected chi connectivity index (χ3v) is 1.90. The van der Waals surface area contributed by atoms with E-state index in [0.29, 0.717) is 13.2 Å². The van der Waals surface area contributed by atoms with Crippen molar-refractivity contribution in [1.29, 1.82) is 0 Å². The molecule has 1 rings (SSSR count). The van der Waals surface area contributed by atoms with Gasteiger partial charge in [-0.3, -0.25) is 0 Å². The van der Waals surface area contributed by atoms with Gasteiger partial charge < -0.3 is 15.2 Å². The molecule has 0 spiro atoms. The molecule has 1 aromatic rings. The van der Waals surface area contributed by atoms with Gasteiger partial charge >= 0.3 is 0 Å². The van der Waals surface area contributed by atoms with Crippen molar-refractivity contribution < 1.29 is 9.47 Å². The van der Waals surface area contributed by atoms with Crippen molar-refractivity contribution in [3.8, 4) is 17.6 Å². The number of hydrogen-bond donors (Lipinski definition) is 1. The van der Waals surface area contributed by atoms with Crippen LogP contribution in [0, 0.1) is 11.8 Å². The van der Waals surface area contributed by atoms with E-state index in [1.165, 1.54) is 0 Å². The first kappa shape index (κ1) is 11.6. The Morgan fingerprint density at radius 2 is 2.13 bits per heavy atom. The van der Waals surface area contributed by atoms with Gasteiger partial charge in [-0.25, -0.2) is 0 Å². The molecule has 3 nitrogen and oxygen atoms in total. The van der Waals surface area contributed by atoms with E-state index in [4.69, 9.17) is 15.2 Å². The summed E-state index contributed by atoms with van der Waals surface area (Å²) in [5.41, 5.74) is 7.24. The highest BCUT2D eigenvalue weighted by Gasteiger charge is 2.01. The molecule has 0 aliphatic heterocycles. The van der Waals surface area contributed by atoms with E-state index in [2.05, 4.69) is 11.8 Å². The molecule has 0 aliphatic carbocycles. The minimum absolute atomic E-state index is 0.345. The summed E-state index contributed by atoms with van der Waals surface area (Å²) in [6.07, 6.45) is 0. The Morgan fingerprint density at radius 1 is 1.33 bits per heavy atom. The number of benzene rings is 1. The quantitative estimate of drug-likeness (QED) is 0.753. The molecule has 0 unspecified atom stereocenters. The zero-order chi connectivity index (χ0) is 11.1. The van der Waals surface area contributed by atoms with Crippen LogP contribution >= 0.6 is 0 Å². The van der Waals surface area contributed by atoms with E-state index in [1.807, 2.05) is 18.2 Å². The summed E-state index contributed by atoms with van der Waals surface area (Å²) in [6.45, 7) is 0.916. The number of nitrogens with two attached hydrogens (primary N) is 1. The SMILES string of the molecule is COCc1ccc(OC)c(C#CCN)c1. The molecular formula is C12H15NO2. The molecule has 0 radical (unpaired) electrons. The molecule has 80 valence electrons. The molecule has 0 saturated heterocycles. The summed E-state index contributed by atoms with van der Waals surface area (Å²) in [7, 11) is 3.29. The third-order valence-electron chi connectivity index (χ3n) is 1.90. The molecule has 0 fully saturated rings. The molecule has 15 heavy (non-hydrogen) atoms. The molecule has 0 atom stereocenters. The van der Waals surface area contributed by atoms with Gasteiger partial charge in [0.2, 0.25) is 0 Å². The van der Waals surface area contributed by atoms with Crippen LogP contribution in [0.15, 0.2) is 18.2 Å². The Morgan fingerprint density at radius 3 is 2.73 bits per heavy atom. The summed E-state index contributed by atoms with van der Waals surface area (Å²) >= 11 is 0. The average molecular weight is 205 g/mol. The van der Waals surface area contributed by atoms with Crippen molar-refractivity contribution in [2.45, 2.75) is 6.61 Å². The molecule has 0 aromatic heterocycles. The van der Waals surface area contributed by atoms with Crippen molar-refractivity contribution in [3.63, 3.8) is 0 Å². The smallest absolute Gasteiger partial charge is 0.134 e. The Labute approximate surface area is 90.2 Å². The van der Waals surface area contributed by atoms with Crippen molar-refractivity contribution in [3.05, 3.63) is 29.3 Å². The Bertz CT molecular complexity index is 377. The fourth-order valence-electron chi connectivity index (χ4n) is 1.26. The van der Waals surface area contributed by atoms with Gasteiger partial charge in [0, 0.05) is 7.11 Å². The largest absolute Gasteiger partial charge is 0.495 e. The highest BCUT2D eigenvalue weighted by molar-refractivity contribution is 5.48. The van der Waals surface area contributed by atoms with Crippen molar-refractivity contribution >= 4 is 0 Å². The minimum Gasteiger partial charge on any atom is -0.495 e. The first-order valence-corrected chi connectivity index (χ1v) is 4.66. The lowest BCUT2D eigenvalue weighted by Crippen LogP contribution is -1.95. The average Bonchev–Trinajstić information content (AvgIpc) is 2.27. The summed E-state index contributed by atoms with van der Waals surface area (Å²) in [5.74, 6) is 6.53. The van der Waals surface area contributed by atoms with Crippen LogP contribution in [0.3, 0.4) is 0 Å². The predicted octanol–water partition coefficient (Wildman–Crippen LogP) is 1.15. The van der Waals surface area contributed by atoms with Gasteiger partial charge in [-0.05, 0) is 17.7 Å². The molecule has 2 N–H and O–H groups in total. The number of methoxy groups -OCH3 is 2. The topological polar surface area (TPSA) is 44.5 Å². The van der Waals surface area contributed by atoms with Crippen LogP contribution in [-0.2, 0) is 11.3 Å². The monoisotopic (exact) mass is 205 g/mol. The second-order valence-corrected chi connectivity index (χ2v) is 2.97. The van der Waals surface area contributed by atoms with Gasteiger partial charge in [-0.15, -0.1) is 0 Å². The normalized spacial score (nSPS) is 9.27. The zero-order valence-corrected chi connectivity index (χ0v) is 9.04. The van der Waals surface area contributed by atoms with E-state index in [0.717, 1.165) is 16.9 Å². The first-order chi connectivity index (χ1) is 7.31. The molecule has 0 bridgehead atoms. The Kier molecular flexibility index (Phi) is 4.69. The Hall–Kier alpha value is -1.50. The molecule has 3 heteroatoms. The van der Waals surface area contributed by atoms with Crippen molar-refractivity contribution in [2.75, 3.05) is 20.8 Å².